The summed E-state index contributed by atoms with van der Waals surface area (Å²) in [4.78, 5) is 0. The second-order valence-electron chi connectivity index (χ2n) is 5.37. The molecule has 0 amide bonds. The Morgan fingerprint density at radius 1 is 1.43 bits per heavy atom. The summed E-state index contributed by atoms with van der Waals surface area (Å²) >= 11 is 0. The van der Waals surface area contributed by atoms with Crippen molar-refractivity contribution in [2.75, 3.05) is 20.3 Å². The number of hydrogen-bond acceptors (Lipinski definition) is 8. The van der Waals surface area contributed by atoms with Gasteiger partial charge in [-0.05, 0) is 12.0 Å². The first-order valence-electron chi connectivity index (χ1n) is 6.94. The van der Waals surface area contributed by atoms with Crippen molar-refractivity contribution in [3.63, 3.8) is 0 Å². The van der Waals surface area contributed by atoms with Crippen LogP contribution < -0.4 is 5.32 Å². The van der Waals surface area contributed by atoms with E-state index in [4.69, 9.17) is 14.6 Å². The molecular formula is C13H23NO7. The van der Waals surface area contributed by atoms with Gasteiger partial charge in [0.25, 0.3) is 0 Å². The predicted octanol–water partition coefficient (Wildman–Crippen LogP) is -2.92. The molecule has 7 atom stereocenters. The molecule has 2 rings (SSSR count). The molecule has 2 aliphatic rings. The Labute approximate surface area is 122 Å². The van der Waals surface area contributed by atoms with Crippen LogP contribution in [0.2, 0.25) is 0 Å². The zero-order valence-electron chi connectivity index (χ0n) is 11.8. The van der Waals surface area contributed by atoms with Crippen LogP contribution >= 0.6 is 0 Å². The topological polar surface area (TPSA) is 132 Å². The second-order valence-corrected chi connectivity index (χ2v) is 5.37. The molecular weight excluding hydrogens is 282 g/mol. The molecule has 0 saturated carbocycles. The van der Waals surface area contributed by atoms with E-state index in [1.54, 1.807) is 6.08 Å². The first-order chi connectivity index (χ1) is 9.99. The third-order valence-electron chi connectivity index (χ3n) is 3.98. The van der Waals surface area contributed by atoms with Crippen LogP contribution in [-0.2, 0) is 9.47 Å². The summed E-state index contributed by atoms with van der Waals surface area (Å²) in [6, 6.07) is -0.340. The molecule has 2 aliphatic heterocycles. The fourth-order valence-electron chi connectivity index (χ4n) is 2.72. The minimum absolute atomic E-state index is 0.303. The van der Waals surface area contributed by atoms with Gasteiger partial charge in [0.2, 0.25) is 0 Å². The molecule has 0 aliphatic carbocycles. The third-order valence-corrected chi connectivity index (χ3v) is 3.98. The summed E-state index contributed by atoms with van der Waals surface area (Å²) in [5.41, 5.74) is 0.402. The number of methoxy groups -OCH3 is 1. The van der Waals surface area contributed by atoms with Crippen molar-refractivity contribution >= 4 is 0 Å². The van der Waals surface area contributed by atoms with E-state index in [1.165, 1.54) is 7.11 Å². The molecule has 6 N–H and O–H groups in total. The lowest BCUT2D eigenvalue weighted by molar-refractivity contribution is -0.166. The Morgan fingerprint density at radius 3 is 2.67 bits per heavy atom. The van der Waals surface area contributed by atoms with Crippen molar-refractivity contribution in [2.45, 2.75) is 49.3 Å². The van der Waals surface area contributed by atoms with E-state index >= 15 is 0 Å². The molecule has 0 radical (unpaired) electrons. The van der Waals surface area contributed by atoms with Crippen molar-refractivity contribution in [3.8, 4) is 0 Å². The minimum atomic E-state index is -1.17. The van der Waals surface area contributed by atoms with Crippen molar-refractivity contribution < 1.29 is 35.0 Å². The number of rotatable bonds is 5. The first kappa shape index (κ1) is 16.8. The molecule has 0 spiro atoms. The highest BCUT2D eigenvalue weighted by molar-refractivity contribution is 5.22. The van der Waals surface area contributed by atoms with Gasteiger partial charge in [-0.15, -0.1) is 0 Å². The molecule has 8 nitrogen and oxygen atoms in total. The molecule has 0 aromatic carbocycles. The van der Waals surface area contributed by atoms with Crippen LogP contribution in [0.1, 0.15) is 6.42 Å². The molecule has 0 aromatic rings. The largest absolute Gasteiger partial charge is 0.394 e. The lowest BCUT2D eigenvalue weighted by Crippen LogP contribution is -2.34. The fourth-order valence-corrected chi connectivity index (χ4v) is 2.72. The highest BCUT2D eigenvalue weighted by Gasteiger charge is 2.42. The number of aliphatic hydroxyl groups excluding tert-OH is 5. The van der Waals surface area contributed by atoms with E-state index in [0.717, 1.165) is 0 Å². The maximum Gasteiger partial charge on any atom is 0.187 e. The van der Waals surface area contributed by atoms with Crippen molar-refractivity contribution in [2.24, 2.45) is 0 Å². The number of nitrogens with one attached hydrogen (secondary N) is 1. The number of ether oxygens (including phenoxy) is 2. The van der Waals surface area contributed by atoms with E-state index in [9.17, 15) is 20.4 Å². The Morgan fingerprint density at radius 2 is 2.14 bits per heavy atom. The lowest BCUT2D eigenvalue weighted by atomic mass is 9.98. The SMILES string of the molecule is CO[C@@H]1O[C@@H](C(O)CO)/C(=C\C[C@@H]2NCC(O)C2O)[C@@H]1O. The maximum absolute atomic E-state index is 10.1. The van der Waals surface area contributed by atoms with E-state index in [0.29, 0.717) is 18.5 Å². The van der Waals surface area contributed by atoms with Crippen molar-refractivity contribution in [3.05, 3.63) is 11.6 Å². The molecule has 2 saturated heterocycles. The van der Waals surface area contributed by atoms with Crippen molar-refractivity contribution in [1.29, 1.82) is 0 Å². The van der Waals surface area contributed by atoms with Crippen LogP contribution in [0.4, 0.5) is 0 Å². The van der Waals surface area contributed by atoms with Gasteiger partial charge in [-0.2, -0.15) is 0 Å². The van der Waals surface area contributed by atoms with E-state index in [-0.39, 0.29) is 6.04 Å². The van der Waals surface area contributed by atoms with Gasteiger partial charge < -0.3 is 40.3 Å². The monoisotopic (exact) mass is 305 g/mol. The number of aliphatic hydroxyl groups is 5. The Kier molecular flexibility index (Phi) is 5.69. The lowest BCUT2D eigenvalue weighted by Gasteiger charge is -2.19. The molecule has 2 heterocycles. The third kappa shape index (κ3) is 3.43. The van der Waals surface area contributed by atoms with Gasteiger partial charge in [0, 0.05) is 19.7 Å². The van der Waals surface area contributed by atoms with Gasteiger partial charge in [0.1, 0.15) is 18.3 Å². The molecule has 0 bridgehead atoms. The Hall–Kier alpha value is -0.580. The minimum Gasteiger partial charge on any atom is -0.394 e. The Bertz CT molecular complexity index is 378. The van der Waals surface area contributed by atoms with Crippen LogP contribution in [-0.4, -0.2) is 88.6 Å². The highest BCUT2D eigenvalue weighted by atomic mass is 16.7. The Balaban J connectivity index is 2.08. The quantitative estimate of drug-likeness (QED) is 0.298. The molecule has 21 heavy (non-hydrogen) atoms. The predicted molar refractivity (Wildman–Crippen MR) is 71.3 cm³/mol. The van der Waals surface area contributed by atoms with Gasteiger partial charge >= 0.3 is 0 Å². The highest BCUT2D eigenvalue weighted by Crippen LogP contribution is 2.30. The summed E-state index contributed by atoms with van der Waals surface area (Å²) in [5, 5.41) is 51.1. The maximum atomic E-state index is 10.1. The average molecular weight is 305 g/mol. The van der Waals surface area contributed by atoms with Crippen LogP contribution in [0.15, 0.2) is 11.6 Å². The first-order valence-corrected chi connectivity index (χ1v) is 6.94. The average Bonchev–Trinajstić information content (AvgIpc) is 2.97. The molecule has 122 valence electrons. The second kappa shape index (κ2) is 7.12. The molecule has 0 aromatic heterocycles. The fraction of sp³-hybridized carbons (Fsp3) is 0.846. The van der Waals surface area contributed by atoms with Crippen LogP contribution in [0.25, 0.3) is 0 Å². The summed E-state index contributed by atoms with van der Waals surface area (Å²) in [5.74, 6) is 0. The summed E-state index contributed by atoms with van der Waals surface area (Å²) in [7, 11) is 1.37. The molecule has 3 unspecified atom stereocenters. The van der Waals surface area contributed by atoms with E-state index in [1.807, 2.05) is 0 Å². The zero-order chi connectivity index (χ0) is 15.6. The zero-order valence-corrected chi connectivity index (χ0v) is 11.8. The van der Waals surface area contributed by atoms with Gasteiger partial charge in [0.15, 0.2) is 6.29 Å². The molecule has 2 fully saturated rings. The van der Waals surface area contributed by atoms with Gasteiger partial charge in [0.05, 0.1) is 18.8 Å². The number of β-amino-alcohol motifs (C(OH)–C–C–N with tert-alkyl or cyclic N) is 1. The normalized spacial score (nSPS) is 43.6. The number of hydrogen-bond donors (Lipinski definition) is 6. The molecule has 8 heteroatoms. The van der Waals surface area contributed by atoms with Crippen LogP contribution in [0, 0.1) is 0 Å². The standard InChI is InChI=1S/C13H23NO7/c1-20-13-10(18)6(12(21-13)9(17)5-15)2-3-7-11(19)8(16)4-14-7/h2,7-19H,3-5H2,1H3/b6-2-/t7-,8?,9?,10-,11?,12+,13+/m0/s1. The van der Waals surface area contributed by atoms with E-state index < -0.39 is 43.4 Å². The van der Waals surface area contributed by atoms with Gasteiger partial charge in [-0.1, -0.05) is 6.08 Å². The van der Waals surface area contributed by atoms with Crippen LogP contribution in [0.5, 0.6) is 0 Å². The smallest absolute Gasteiger partial charge is 0.187 e. The van der Waals surface area contributed by atoms with Crippen molar-refractivity contribution in [1.82, 2.24) is 5.32 Å². The van der Waals surface area contributed by atoms with E-state index in [2.05, 4.69) is 5.32 Å². The summed E-state index contributed by atoms with van der Waals surface area (Å²) in [6.45, 7) is -0.203. The van der Waals surface area contributed by atoms with Crippen LogP contribution in [0.3, 0.4) is 0 Å². The van der Waals surface area contributed by atoms with Gasteiger partial charge in [-0.25, -0.2) is 0 Å². The van der Waals surface area contributed by atoms with Gasteiger partial charge in [-0.3, -0.25) is 0 Å². The summed E-state index contributed by atoms with van der Waals surface area (Å²) in [6.07, 6.45) is -3.70. The summed E-state index contributed by atoms with van der Waals surface area (Å²) < 4.78 is 10.3.